The van der Waals surface area contributed by atoms with E-state index >= 15 is 0 Å². The lowest BCUT2D eigenvalue weighted by Crippen LogP contribution is -2.38. The first-order valence-electron chi connectivity index (χ1n) is 6.05. The summed E-state index contributed by atoms with van der Waals surface area (Å²) in [7, 11) is 2.06. The van der Waals surface area contributed by atoms with Gasteiger partial charge in [0.15, 0.2) is 0 Å². The Labute approximate surface area is 102 Å². The number of aromatic nitrogens is 1. The van der Waals surface area contributed by atoms with Gasteiger partial charge in [-0.05, 0) is 37.4 Å². The molecular formula is C13H18N4. The third kappa shape index (κ3) is 2.40. The fraction of sp³-hybridized carbons (Fsp3) is 0.538. The Kier molecular flexibility index (Phi) is 3.60. The summed E-state index contributed by atoms with van der Waals surface area (Å²) < 4.78 is 0. The molecule has 2 N–H and O–H groups in total. The smallest absolute Gasteiger partial charge is 0.128 e. The second-order valence-corrected chi connectivity index (χ2v) is 4.62. The SMILES string of the molecule is CN(c1ccc(C#N)cn1)C1CCCC1CN. The monoisotopic (exact) mass is 230 g/mol. The van der Waals surface area contributed by atoms with Gasteiger partial charge in [0.05, 0.1) is 5.56 Å². The van der Waals surface area contributed by atoms with E-state index < -0.39 is 0 Å². The molecule has 0 aliphatic heterocycles. The molecule has 1 aliphatic carbocycles. The molecular weight excluding hydrogens is 212 g/mol. The summed E-state index contributed by atoms with van der Waals surface area (Å²) in [5.41, 5.74) is 6.40. The zero-order valence-electron chi connectivity index (χ0n) is 10.1. The van der Waals surface area contributed by atoms with Gasteiger partial charge in [0, 0.05) is 19.3 Å². The molecule has 0 spiro atoms. The van der Waals surface area contributed by atoms with Crippen molar-refractivity contribution in [1.82, 2.24) is 4.98 Å². The lowest BCUT2D eigenvalue weighted by Gasteiger charge is -2.30. The van der Waals surface area contributed by atoms with Crippen LogP contribution in [0.1, 0.15) is 24.8 Å². The third-order valence-corrected chi connectivity index (χ3v) is 3.66. The molecule has 4 nitrogen and oxygen atoms in total. The highest BCUT2D eigenvalue weighted by molar-refractivity contribution is 5.42. The van der Waals surface area contributed by atoms with Crippen molar-refractivity contribution >= 4 is 5.82 Å². The number of nitrogens with zero attached hydrogens (tertiary/aromatic N) is 3. The summed E-state index contributed by atoms with van der Waals surface area (Å²) in [4.78, 5) is 6.53. The van der Waals surface area contributed by atoms with Gasteiger partial charge in [0.2, 0.25) is 0 Å². The summed E-state index contributed by atoms with van der Waals surface area (Å²) in [6.45, 7) is 0.741. The quantitative estimate of drug-likeness (QED) is 0.855. The summed E-state index contributed by atoms with van der Waals surface area (Å²) >= 11 is 0. The van der Waals surface area contributed by atoms with Gasteiger partial charge in [0.1, 0.15) is 11.9 Å². The molecule has 0 radical (unpaired) electrons. The van der Waals surface area contributed by atoms with E-state index in [-0.39, 0.29) is 0 Å². The minimum absolute atomic E-state index is 0.487. The fourth-order valence-electron chi connectivity index (χ4n) is 2.63. The van der Waals surface area contributed by atoms with Crippen LogP contribution in [0.3, 0.4) is 0 Å². The molecule has 0 bridgehead atoms. The van der Waals surface area contributed by atoms with Crippen LogP contribution < -0.4 is 10.6 Å². The predicted octanol–water partition coefficient (Wildman–Crippen LogP) is 1.52. The van der Waals surface area contributed by atoms with Crippen LogP contribution in [0.5, 0.6) is 0 Å². The number of hydrogen-bond acceptors (Lipinski definition) is 4. The van der Waals surface area contributed by atoms with Crippen LogP contribution in [-0.2, 0) is 0 Å². The molecule has 2 atom stereocenters. The average Bonchev–Trinajstić information content (AvgIpc) is 2.86. The van der Waals surface area contributed by atoms with Crippen molar-refractivity contribution in [2.45, 2.75) is 25.3 Å². The molecule has 90 valence electrons. The van der Waals surface area contributed by atoms with E-state index in [0.717, 1.165) is 12.4 Å². The Morgan fingerprint density at radius 3 is 2.94 bits per heavy atom. The molecule has 4 heteroatoms. The molecule has 1 aromatic rings. The maximum absolute atomic E-state index is 8.74. The Morgan fingerprint density at radius 1 is 1.53 bits per heavy atom. The topological polar surface area (TPSA) is 65.9 Å². The maximum atomic E-state index is 8.74. The van der Waals surface area contributed by atoms with Crippen molar-refractivity contribution in [1.29, 1.82) is 5.26 Å². The van der Waals surface area contributed by atoms with Gasteiger partial charge in [-0.15, -0.1) is 0 Å². The van der Waals surface area contributed by atoms with E-state index in [1.807, 2.05) is 12.1 Å². The molecule has 0 aromatic carbocycles. The van der Waals surface area contributed by atoms with Gasteiger partial charge in [-0.1, -0.05) is 6.42 Å². The Morgan fingerprint density at radius 2 is 2.35 bits per heavy atom. The summed E-state index contributed by atoms with van der Waals surface area (Å²) in [5.74, 6) is 1.49. The summed E-state index contributed by atoms with van der Waals surface area (Å²) in [6, 6.07) is 6.29. The third-order valence-electron chi connectivity index (χ3n) is 3.66. The zero-order valence-corrected chi connectivity index (χ0v) is 10.1. The standard InChI is InChI=1S/C13H18N4/c1-17(12-4-2-3-11(12)8-15)13-6-5-10(7-14)9-16-13/h5-6,9,11-12H,2-4,8,15H2,1H3. The number of hydrogen-bond donors (Lipinski definition) is 1. The molecule has 1 heterocycles. The lowest BCUT2D eigenvalue weighted by molar-refractivity contribution is 0.472. The van der Waals surface area contributed by atoms with E-state index in [2.05, 4.69) is 23.0 Å². The fourth-order valence-corrected chi connectivity index (χ4v) is 2.63. The average molecular weight is 230 g/mol. The lowest BCUT2D eigenvalue weighted by atomic mass is 10.0. The van der Waals surface area contributed by atoms with E-state index in [9.17, 15) is 0 Å². The Hall–Kier alpha value is -1.60. The molecule has 1 fully saturated rings. The van der Waals surface area contributed by atoms with Crippen molar-refractivity contribution in [3.8, 4) is 6.07 Å². The van der Waals surface area contributed by atoms with E-state index in [1.165, 1.54) is 19.3 Å². The van der Waals surface area contributed by atoms with Crippen molar-refractivity contribution in [3.05, 3.63) is 23.9 Å². The molecule has 17 heavy (non-hydrogen) atoms. The predicted molar refractivity (Wildman–Crippen MR) is 67.5 cm³/mol. The second kappa shape index (κ2) is 5.15. The van der Waals surface area contributed by atoms with Gasteiger partial charge in [-0.25, -0.2) is 4.98 Å². The van der Waals surface area contributed by atoms with Crippen molar-refractivity contribution in [2.75, 3.05) is 18.5 Å². The van der Waals surface area contributed by atoms with Gasteiger partial charge in [0.25, 0.3) is 0 Å². The highest BCUT2D eigenvalue weighted by Gasteiger charge is 2.29. The molecule has 1 saturated carbocycles. The highest BCUT2D eigenvalue weighted by atomic mass is 15.2. The van der Waals surface area contributed by atoms with Crippen LogP contribution in [-0.4, -0.2) is 24.6 Å². The van der Waals surface area contributed by atoms with Gasteiger partial charge < -0.3 is 10.6 Å². The largest absolute Gasteiger partial charge is 0.356 e. The molecule has 1 aliphatic rings. The van der Waals surface area contributed by atoms with E-state index in [4.69, 9.17) is 11.0 Å². The Balaban J connectivity index is 2.13. The number of rotatable bonds is 3. The first-order chi connectivity index (χ1) is 8.26. The van der Waals surface area contributed by atoms with Crippen molar-refractivity contribution < 1.29 is 0 Å². The van der Waals surface area contributed by atoms with Crippen LogP contribution in [0.15, 0.2) is 18.3 Å². The second-order valence-electron chi connectivity index (χ2n) is 4.62. The number of anilines is 1. The highest BCUT2D eigenvalue weighted by Crippen LogP contribution is 2.30. The molecule has 0 saturated heterocycles. The first kappa shape index (κ1) is 11.9. The van der Waals surface area contributed by atoms with Crippen LogP contribution in [0.4, 0.5) is 5.82 Å². The molecule has 0 amide bonds. The number of nitriles is 1. The van der Waals surface area contributed by atoms with Crippen LogP contribution >= 0.6 is 0 Å². The minimum atomic E-state index is 0.487. The summed E-state index contributed by atoms with van der Waals surface area (Å²) in [5, 5.41) is 8.74. The maximum Gasteiger partial charge on any atom is 0.128 e. The summed E-state index contributed by atoms with van der Waals surface area (Å²) in [6.07, 6.45) is 5.26. The van der Waals surface area contributed by atoms with Crippen LogP contribution in [0.2, 0.25) is 0 Å². The van der Waals surface area contributed by atoms with E-state index in [0.29, 0.717) is 17.5 Å². The van der Waals surface area contributed by atoms with Crippen LogP contribution in [0, 0.1) is 17.2 Å². The number of nitrogens with two attached hydrogens (primary N) is 1. The zero-order chi connectivity index (χ0) is 12.3. The van der Waals surface area contributed by atoms with Crippen LogP contribution in [0.25, 0.3) is 0 Å². The normalized spacial score (nSPS) is 23.4. The molecule has 1 aromatic heterocycles. The Bertz CT molecular complexity index is 406. The molecule has 2 unspecified atom stereocenters. The van der Waals surface area contributed by atoms with Gasteiger partial charge in [-0.2, -0.15) is 5.26 Å². The van der Waals surface area contributed by atoms with Gasteiger partial charge >= 0.3 is 0 Å². The first-order valence-corrected chi connectivity index (χ1v) is 6.05. The van der Waals surface area contributed by atoms with Crippen molar-refractivity contribution in [2.24, 2.45) is 11.7 Å². The van der Waals surface area contributed by atoms with Crippen molar-refractivity contribution in [3.63, 3.8) is 0 Å². The van der Waals surface area contributed by atoms with E-state index in [1.54, 1.807) is 6.20 Å². The van der Waals surface area contributed by atoms with Gasteiger partial charge in [-0.3, -0.25) is 0 Å². The minimum Gasteiger partial charge on any atom is -0.356 e. The number of pyridine rings is 1. The molecule has 2 rings (SSSR count).